The number of nitriles is 1. The molecule has 0 radical (unpaired) electrons. The molecular weight excluding hydrogens is 534 g/mol. The zero-order valence-corrected chi connectivity index (χ0v) is 20.2. The van der Waals surface area contributed by atoms with E-state index in [4.69, 9.17) is 26.3 Å². The average Bonchev–Trinajstić information content (AvgIpc) is 2.86. The van der Waals surface area contributed by atoms with Crippen molar-refractivity contribution in [1.82, 2.24) is 20.4 Å². The monoisotopic (exact) mass is 551 g/mol. The predicted molar refractivity (Wildman–Crippen MR) is 125 cm³/mol. The Balaban J connectivity index is 1.65. The fraction of sp³-hybridized carbons (Fsp3) is 0.250. The minimum absolute atomic E-state index is 0.00391. The van der Waals surface area contributed by atoms with Gasteiger partial charge in [0.2, 0.25) is 11.7 Å². The first-order valence-electron chi connectivity index (χ1n) is 10.9. The third kappa shape index (κ3) is 5.71. The van der Waals surface area contributed by atoms with Gasteiger partial charge in [-0.25, -0.2) is 14.8 Å². The molecule has 2 aromatic carbocycles. The highest BCUT2D eigenvalue weighted by molar-refractivity contribution is 6.30. The van der Waals surface area contributed by atoms with Crippen molar-refractivity contribution in [2.75, 3.05) is 7.11 Å². The highest BCUT2D eigenvalue weighted by Gasteiger charge is 2.39. The van der Waals surface area contributed by atoms with Gasteiger partial charge in [0.25, 0.3) is 5.56 Å². The molecular formula is C24H18ClF4N5O4. The first-order valence-corrected chi connectivity index (χ1v) is 11.3. The van der Waals surface area contributed by atoms with Crippen LogP contribution in [0.2, 0.25) is 5.02 Å². The lowest BCUT2D eigenvalue weighted by molar-refractivity contribution is -0.142. The Morgan fingerprint density at radius 2 is 1.97 bits per heavy atom. The van der Waals surface area contributed by atoms with Gasteiger partial charge < -0.3 is 9.47 Å². The molecule has 1 aromatic heterocycles. The molecule has 1 aliphatic rings. The van der Waals surface area contributed by atoms with Crippen LogP contribution in [-0.4, -0.2) is 28.6 Å². The molecule has 9 nitrogen and oxygen atoms in total. The first kappa shape index (κ1) is 26.9. The minimum atomic E-state index is -5.03. The third-order valence-electron chi connectivity index (χ3n) is 5.72. The van der Waals surface area contributed by atoms with Gasteiger partial charge in [0, 0.05) is 29.2 Å². The zero-order valence-electron chi connectivity index (χ0n) is 19.5. The summed E-state index contributed by atoms with van der Waals surface area (Å²) >= 11 is 5.90. The summed E-state index contributed by atoms with van der Waals surface area (Å²) in [6.45, 7) is -0.242. The summed E-state index contributed by atoms with van der Waals surface area (Å²) < 4.78 is 66.7. The number of nitrogens with zero attached hydrogens (tertiary/aromatic N) is 3. The van der Waals surface area contributed by atoms with Crippen molar-refractivity contribution >= 4 is 17.5 Å². The van der Waals surface area contributed by atoms with Crippen LogP contribution in [0.25, 0.3) is 0 Å². The number of hydrazine groups is 1. The molecule has 3 aromatic rings. The third-order valence-corrected chi connectivity index (χ3v) is 5.94. The number of ether oxygens (including phenoxy) is 2. The average molecular weight is 552 g/mol. The van der Waals surface area contributed by atoms with Crippen molar-refractivity contribution in [2.45, 2.75) is 31.1 Å². The van der Waals surface area contributed by atoms with E-state index < -0.39 is 46.9 Å². The quantitative estimate of drug-likeness (QED) is 0.446. The summed E-state index contributed by atoms with van der Waals surface area (Å²) in [5, 5.41) is 9.10. The lowest BCUT2D eigenvalue weighted by atomic mass is 9.89. The van der Waals surface area contributed by atoms with E-state index >= 15 is 0 Å². The number of rotatable bonds is 6. The number of methoxy groups -OCH3 is 1. The Morgan fingerprint density at radius 3 is 2.63 bits per heavy atom. The first-order chi connectivity index (χ1) is 18.0. The van der Waals surface area contributed by atoms with Gasteiger partial charge in [-0.1, -0.05) is 17.7 Å². The molecule has 198 valence electrons. The Kier molecular flexibility index (Phi) is 7.56. The summed E-state index contributed by atoms with van der Waals surface area (Å²) in [6, 6.07) is 8.65. The number of nitrogens with one attached hydrogen (secondary N) is 2. The SMILES string of the molecule is COc1ccc(C2CC(Cn3cnc(C(F)(F)F)c(Oc4cc(Cl)cc(C#N)c4)c3=O)NNC2=O)c(F)c1. The van der Waals surface area contributed by atoms with E-state index in [1.165, 1.54) is 25.3 Å². The lowest BCUT2D eigenvalue weighted by Crippen LogP contribution is -2.54. The van der Waals surface area contributed by atoms with Crippen molar-refractivity contribution in [1.29, 1.82) is 5.26 Å². The van der Waals surface area contributed by atoms with E-state index in [2.05, 4.69) is 15.8 Å². The van der Waals surface area contributed by atoms with Crippen LogP contribution in [0, 0.1) is 17.1 Å². The standard InChI is InChI=1S/C24H18ClF4N5O4/c1-37-15-2-3-17(19(26)8-15)18-7-14(32-33-22(18)35)10-34-11-31-21(24(27,28)29)20(23(34)36)38-16-5-12(9-30)4-13(25)6-16/h2-6,8,11,14,18,32H,7,10H2,1H3,(H,33,35). The topological polar surface area (TPSA) is 118 Å². The molecule has 38 heavy (non-hydrogen) atoms. The fourth-order valence-corrected chi connectivity index (χ4v) is 4.18. The number of halogens is 5. The van der Waals surface area contributed by atoms with Crippen molar-refractivity contribution in [3.05, 3.63) is 80.7 Å². The van der Waals surface area contributed by atoms with Crippen molar-refractivity contribution in [3.8, 4) is 23.3 Å². The molecule has 2 heterocycles. The van der Waals surface area contributed by atoms with E-state index in [-0.39, 0.29) is 40.6 Å². The van der Waals surface area contributed by atoms with E-state index in [1.54, 1.807) is 6.07 Å². The van der Waals surface area contributed by atoms with Gasteiger partial charge in [0.15, 0.2) is 5.69 Å². The second-order valence-corrected chi connectivity index (χ2v) is 8.71. The second kappa shape index (κ2) is 10.7. The van der Waals surface area contributed by atoms with Crippen LogP contribution in [0.5, 0.6) is 17.2 Å². The number of carbonyl (C=O) groups excluding carboxylic acids is 1. The maximum absolute atomic E-state index is 14.6. The molecule has 2 unspecified atom stereocenters. The molecule has 2 atom stereocenters. The van der Waals surface area contributed by atoms with Gasteiger partial charge in [-0.3, -0.25) is 19.6 Å². The van der Waals surface area contributed by atoms with Crippen molar-refractivity contribution < 1.29 is 31.8 Å². The van der Waals surface area contributed by atoms with Gasteiger partial charge in [0.05, 0.1) is 31.0 Å². The van der Waals surface area contributed by atoms with Crippen LogP contribution in [0.4, 0.5) is 17.6 Å². The highest BCUT2D eigenvalue weighted by atomic mass is 35.5. The molecule has 14 heteroatoms. The molecule has 1 fully saturated rings. The number of aromatic nitrogens is 2. The Morgan fingerprint density at radius 1 is 1.21 bits per heavy atom. The van der Waals surface area contributed by atoms with Gasteiger partial charge >= 0.3 is 6.18 Å². The van der Waals surface area contributed by atoms with Gasteiger partial charge in [-0.05, 0) is 30.7 Å². The Labute approximate surface area is 217 Å². The largest absolute Gasteiger partial charge is 0.497 e. The maximum atomic E-state index is 14.6. The number of alkyl halides is 3. The lowest BCUT2D eigenvalue weighted by Gasteiger charge is -2.31. The molecule has 1 amide bonds. The van der Waals surface area contributed by atoms with E-state index in [0.29, 0.717) is 6.33 Å². The number of hydrogen-bond donors (Lipinski definition) is 2. The van der Waals surface area contributed by atoms with E-state index in [0.717, 1.165) is 22.8 Å². The molecule has 1 saturated heterocycles. The van der Waals surface area contributed by atoms with Crippen LogP contribution < -0.4 is 25.9 Å². The fourth-order valence-electron chi connectivity index (χ4n) is 3.95. The van der Waals surface area contributed by atoms with Crippen LogP contribution in [-0.2, 0) is 17.5 Å². The number of benzene rings is 2. The Hall–Kier alpha value is -4.15. The van der Waals surface area contributed by atoms with Crippen LogP contribution in [0.15, 0.2) is 47.5 Å². The summed E-state index contributed by atoms with van der Waals surface area (Å²) in [7, 11) is 1.37. The van der Waals surface area contributed by atoms with Crippen molar-refractivity contribution in [2.24, 2.45) is 0 Å². The molecule has 2 N–H and O–H groups in total. The van der Waals surface area contributed by atoms with Gasteiger partial charge in [-0.15, -0.1) is 0 Å². The summed E-state index contributed by atoms with van der Waals surface area (Å²) in [5.41, 5.74) is 2.43. The maximum Gasteiger partial charge on any atom is 0.437 e. The normalized spacial score (nSPS) is 17.4. The minimum Gasteiger partial charge on any atom is -0.497 e. The Bertz CT molecular complexity index is 1490. The van der Waals surface area contributed by atoms with Crippen LogP contribution >= 0.6 is 11.6 Å². The smallest absolute Gasteiger partial charge is 0.437 e. The number of carbonyl (C=O) groups is 1. The van der Waals surface area contributed by atoms with E-state index in [9.17, 15) is 27.2 Å². The molecule has 0 aliphatic carbocycles. The summed E-state index contributed by atoms with van der Waals surface area (Å²) in [5.74, 6) is -3.28. The molecule has 0 spiro atoms. The molecule has 0 saturated carbocycles. The number of hydrogen-bond acceptors (Lipinski definition) is 7. The zero-order chi connectivity index (χ0) is 27.6. The van der Waals surface area contributed by atoms with Gasteiger partial charge in [0.1, 0.15) is 17.3 Å². The molecule has 4 rings (SSSR count). The summed E-state index contributed by atoms with van der Waals surface area (Å²) in [4.78, 5) is 28.9. The van der Waals surface area contributed by atoms with Gasteiger partial charge in [-0.2, -0.15) is 18.4 Å². The van der Waals surface area contributed by atoms with Crippen LogP contribution in [0.3, 0.4) is 0 Å². The van der Waals surface area contributed by atoms with Crippen LogP contribution in [0.1, 0.15) is 29.2 Å². The summed E-state index contributed by atoms with van der Waals surface area (Å²) in [6.07, 6.45) is -4.31. The number of amides is 1. The molecule has 0 bridgehead atoms. The molecule has 1 aliphatic heterocycles. The van der Waals surface area contributed by atoms with E-state index in [1.807, 2.05) is 0 Å². The second-order valence-electron chi connectivity index (χ2n) is 8.27. The predicted octanol–water partition coefficient (Wildman–Crippen LogP) is 3.90. The van der Waals surface area contributed by atoms with Crippen molar-refractivity contribution in [3.63, 3.8) is 0 Å². The highest BCUT2D eigenvalue weighted by Crippen LogP contribution is 2.35.